The van der Waals surface area contributed by atoms with Gasteiger partial charge in [0.2, 0.25) is 0 Å². The molecule has 0 atom stereocenters. The van der Waals surface area contributed by atoms with Gasteiger partial charge in [-0.1, -0.05) is 29.8 Å². The Hall–Kier alpha value is -2.80. The third-order valence-corrected chi connectivity index (χ3v) is 4.38. The van der Waals surface area contributed by atoms with Crippen LogP contribution in [0.3, 0.4) is 0 Å². The zero-order valence-electron chi connectivity index (χ0n) is 14.3. The van der Waals surface area contributed by atoms with Gasteiger partial charge in [-0.05, 0) is 52.2 Å². The summed E-state index contributed by atoms with van der Waals surface area (Å²) in [6.07, 6.45) is 1.57. The lowest BCUT2D eigenvalue weighted by Gasteiger charge is -2.14. The number of aryl methyl sites for hydroxylation is 1. The van der Waals surface area contributed by atoms with Gasteiger partial charge in [0.25, 0.3) is 5.91 Å². The molecule has 1 fully saturated rings. The second-order valence-electron chi connectivity index (χ2n) is 5.77. The molecule has 1 aliphatic heterocycles. The van der Waals surface area contributed by atoms with Crippen LogP contribution in [0.1, 0.15) is 16.7 Å². The van der Waals surface area contributed by atoms with E-state index in [0.717, 1.165) is 5.56 Å². The number of nitrogens with one attached hydrogen (secondary N) is 2. The smallest absolute Gasteiger partial charge is 0.326 e. The van der Waals surface area contributed by atoms with E-state index in [1.165, 1.54) is 5.56 Å². The highest BCUT2D eigenvalue weighted by Gasteiger charge is 2.23. The summed E-state index contributed by atoms with van der Waals surface area (Å²) in [6.45, 7) is 2.43. The molecule has 6 nitrogen and oxygen atoms in total. The summed E-state index contributed by atoms with van der Waals surface area (Å²) >= 11 is 3.48. The van der Waals surface area contributed by atoms with Crippen LogP contribution < -0.4 is 20.1 Å². The van der Waals surface area contributed by atoms with E-state index in [9.17, 15) is 9.59 Å². The molecule has 3 amide bonds. The van der Waals surface area contributed by atoms with E-state index in [2.05, 4.69) is 26.6 Å². The highest BCUT2D eigenvalue weighted by atomic mass is 79.9. The van der Waals surface area contributed by atoms with E-state index in [1.807, 2.05) is 31.2 Å². The Kier molecular flexibility index (Phi) is 5.27. The molecule has 0 unspecified atom stereocenters. The monoisotopic (exact) mass is 416 g/mol. The number of halogens is 1. The fourth-order valence-electron chi connectivity index (χ4n) is 2.45. The van der Waals surface area contributed by atoms with Gasteiger partial charge in [-0.2, -0.15) is 0 Å². The maximum absolute atomic E-state index is 11.6. The molecule has 1 aliphatic rings. The van der Waals surface area contributed by atoms with E-state index in [-0.39, 0.29) is 5.70 Å². The van der Waals surface area contributed by atoms with Crippen molar-refractivity contribution in [3.05, 3.63) is 63.3 Å². The highest BCUT2D eigenvalue weighted by Crippen LogP contribution is 2.37. The Morgan fingerprint density at radius 3 is 2.46 bits per heavy atom. The van der Waals surface area contributed by atoms with Crippen molar-refractivity contribution in [1.82, 2.24) is 10.6 Å². The number of ether oxygens (including phenoxy) is 2. The molecule has 0 radical (unpaired) electrons. The Morgan fingerprint density at radius 2 is 1.85 bits per heavy atom. The van der Waals surface area contributed by atoms with Gasteiger partial charge < -0.3 is 14.8 Å². The van der Waals surface area contributed by atoms with Crippen molar-refractivity contribution in [1.29, 1.82) is 0 Å². The minimum absolute atomic E-state index is 0.178. The first kappa shape index (κ1) is 18.0. The first-order valence-electron chi connectivity index (χ1n) is 7.86. The zero-order valence-corrected chi connectivity index (χ0v) is 15.8. The van der Waals surface area contributed by atoms with Gasteiger partial charge in [-0.25, -0.2) is 4.79 Å². The van der Waals surface area contributed by atoms with Crippen molar-refractivity contribution in [3.63, 3.8) is 0 Å². The molecule has 7 heteroatoms. The Bertz CT molecular complexity index is 891. The van der Waals surface area contributed by atoms with Gasteiger partial charge >= 0.3 is 6.03 Å². The summed E-state index contributed by atoms with van der Waals surface area (Å²) in [7, 11) is 1.54. The summed E-state index contributed by atoms with van der Waals surface area (Å²) in [5, 5.41) is 4.61. The van der Waals surface area contributed by atoms with Crippen molar-refractivity contribution in [3.8, 4) is 11.5 Å². The summed E-state index contributed by atoms with van der Waals surface area (Å²) in [6, 6.07) is 11.1. The van der Waals surface area contributed by atoms with Crippen LogP contribution in [0.5, 0.6) is 11.5 Å². The van der Waals surface area contributed by atoms with E-state index in [0.29, 0.717) is 28.1 Å². The van der Waals surface area contributed by atoms with Crippen LogP contribution in [0.2, 0.25) is 0 Å². The number of benzene rings is 2. The number of hydrogen-bond donors (Lipinski definition) is 2. The van der Waals surface area contributed by atoms with Crippen molar-refractivity contribution in [2.75, 3.05) is 7.11 Å². The quantitative estimate of drug-likeness (QED) is 0.577. The van der Waals surface area contributed by atoms with Gasteiger partial charge in [0.15, 0.2) is 11.5 Å². The van der Waals surface area contributed by atoms with Gasteiger partial charge in [-0.3, -0.25) is 10.1 Å². The molecular weight excluding hydrogens is 400 g/mol. The molecule has 26 heavy (non-hydrogen) atoms. The summed E-state index contributed by atoms with van der Waals surface area (Å²) < 4.78 is 12.0. The standard InChI is InChI=1S/C19H17BrN2O4/c1-11-3-5-12(6-4-11)10-26-17-14(20)7-13(9-16(17)25-2)8-15-18(23)22-19(24)21-15/h3-9H,10H2,1-2H3,(H2,21,22,23,24)/b15-8+. The molecular formula is C19H17BrN2O4. The van der Waals surface area contributed by atoms with Crippen LogP contribution in [0.15, 0.2) is 46.6 Å². The van der Waals surface area contributed by atoms with Crippen LogP contribution in [0.4, 0.5) is 4.79 Å². The number of methoxy groups -OCH3 is 1. The average molecular weight is 417 g/mol. The second-order valence-corrected chi connectivity index (χ2v) is 6.63. The molecule has 0 aliphatic carbocycles. The fraction of sp³-hybridized carbons (Fsp3) is 0.158. The van der Waals surface area contributed by atoms with Crippen LogP contribution in [0, 0.1) is 6.92 Å². The van der Waals surface area contributed by atoms with Crippen molar-refractivity contribution >= 4 is 33.9 Å². The van der Waals surface area contributed by atoms with Crippen LogP contribution in [0.25, 0.3) is 6.08 Å². The Morgan fingerprint density at radius 1 is 1.12 bits per heavy atom. The fourth-order valence-corrected chi connectivity index (χ4v) is 3.03. The van der Waals surface area contributed by atoms with E-state index in [1.54, 1.807) is 25.3 Å². The van der Waals surface area contributed by atoms with Crippen LogP contribution in [-0.2, 0) is 11.4 Å². The van der Waals surface area contributed by atoms with Crippen molar-refractivity contribution in [2.45, 2.75) is 13.5 Å². The molecule has 2 aromatic carbocycles. The molecule has 1 heterocycles. The molecule has 3 rings (SSSR count). The van der Waals surface area contributed by atoms with Crippen molar-refractivity contribution < 1.29 is 19.1 Å². The third-order valence-electron chi connectivity index (χ3n) is 3.79. The first-order valence-corrected chi connectivity index (χ1v) is 8.65. The lowest BCUT2D eigenvalue weighted by molar-refractivity contribution is -0.115. The molecule has 0 aromatic heterocycles. The lowest BCUT2D eigenvalue weighted by atomic mass is 10.1. The number of amides is 3. The number of urea groups is 1. The molecule has 2 N–H and O–H groups in total. The minimum atomic E-state index is -0.537. The predicted octanol–water partition coefficient (Wildman–Crippen LogP) is 3.53. The Balaban J connectivity index is 1.83. The molecule has 1 saturated heterocycles. The lowest BCUT2D eigenvalue weighted by Crippen LogP contribution is -2.22. The highest BCUT2D eigenvalue weighted by molar-refractivity contribution is 9.10. The summed E-state index contributed by atoms with van der Waals surface area (Å²) in [5.74, 6) is 0.614. The maximum Gasteiger partial charge on any atom is 0.326 e. The maximum atomic E-state index is 11.6. The zero-order chi connectivity index (χ0) is 18.7. The van der Waals surface area contributed by atoms with E-state index < -0.39 is 11.9 Å². The van der Waals surface area contributed by atoms with E-state index in [4.69, 9.17) is 9.47 Å². The van der Waals surface area contributed by atoms with Gasteiger partial charge in [0.05, 0.1) is 11.6 Å². The number of rotatable bonds is 5. The minimum Gasteiger partial charge on any atom is -0.493 e. The predicted molar refractivity (Wildman–Crippen MR) is 101 cm³/mol. The average Bonchev–Trinajstić information content (AvgIpc) is 2.92. The number of carbonyl (C=O) groups is 2. The number of hydrogen-bond acceptors (Lipinski definition) is 4. The van der Waals surface area contributed by atoms with E-state index >= 15 is 0 Å². The topological polar surface area (TPSA) is 76.7 Å². The van der Waals surface area contributed by atoms with Crippen LogP contribution in [-0.4, -0.2) is 19.0 Å². The largest absolute Gasteiger partial charge is 0.493 e. The second kappa shape index (κ2) is 7.61. The molecule has 134 valence electrons. The van der Waals surface area contributed by atoms with Crippen molar-refractivity contribution in [2.24, 2.45) is 0 Å². The third kappa shape index (κ3) is 4.05. The van der Waals surface area contributed by atoms with Gasteiger partial charge in [0, 0.05) is 0 Å². The normalized spacial score (nSPS) is 15.0. The molecule has 0 spiro atoms. The summed E-state index contributed by atoms with van der Waals surface area (Å²) in [5.41, 5.74) is 3.09. The Labute approximate surface area is 159 Å². The number of carbonyl (C=O) groups excluding carboxylic acids is 2. The number of imide groups is 1. The van der Waals surface area contributed by atoms with Gasteiger partial charge in [-0.15, -0.1) is 0 Å². The van der Waals surface area contributed by atoms with Crippen LogP contribution >= 0.6 is 15.9 Å². The van der Waals surface area contributed by atoms with Gasteiger partial charge in [0.1, 0.15) is 12.3 Å². The molecule has 2 aromatic rings. The SMILES string of the molecule is COc1cc(/C=C2/NC(=O)NC2=O)cc(Br)c1OCc1ccc(C)cc1. The first-order chi connectivity index (χ1) is 12.5. The molecule has 0 saturated carbocycles. The summed E-state index contributed by atoms with van der Waals surface area (Å²) in [4.78, 5) is 22.8. The molecule has 0 bridgehead atoms.